The van der Waals surface area contributed by atoms with E-state index in [4.69, 9.17) is 18.0 Å². The molecular formula is C14H17F3N2OS. The second-order valence-electron chi connectivity index (χ2n) is 4.73. The summed E-state index contributed by atoms with van der Waals surface area (Å²) >= 11 is 4.85. The second kappa shape index (κ2) is 6.89. The molecule has 1 amide bonds. The summed E-state index contributed by atoms with van der Waals surface area (Å²) in [6.07, 6.45) is -4.47. The fourth-order valence-corrected chi connectivity index (χ4v) is 1.86. The lowest BCUT2D eigenvalue weighted by molar-refractivity contribution is -0.137. The molecule has 0 aromatic heterocycles. The molecule has 0 heterocycles. The zero-order valence-corrected chi connectivity index (χ0v) is 12.6. The highest BCUT2D eigenvalue weighted by atomic mass is 32.1. The van der Waals surface area contributed by atoms with Gasteiger partial charge >= 0.3 is 6.18 Å². The van der Waals surface area contributed by atoms with Gasteiger partial charge in [0, 0.05) is 24.6 Å². The molecule has 1 aromatic carbocycles. The van der Waals surface area contributed by atoms with Crippen LogP contribution in [0.2, 0.25) is 0 Å². The van der Waals surface area contributed by atoms with Crippen molar-refractivity contribution in [3.63, 3.8) is 0 Å². The van der Waals surface area contributed by atoms with Gasteiger partial charge in [0.25, 0.3) is 5.91 Å². The second-order valence-corrected chi connectivity index (χ2v) is 5.20. The quantitative estimate of drug-likeness (QED) is 0.849. The van der Waals surface area contributed by atoms with E-state index in [1.807, 2.05) is 0 Å². The Bertz CT molecular complexity index is 531. The van der Waals surface area contributed by atoms with Crippen molar-refractivity contribution in [3.8, 4) is 0 Å². The van der Waals surface area contributed by atoms with Crippen molar-refractivity contribution < 1.29 is 18.0 Å². The Kier molecular flexibility index (Phi) is 5.71. The molecule has 0 aliphatic heterocycles. The van der Waals surface area contributed by atoms with Crippen LogP contribution in [0.3, 0.4) is 0 Å². The molecule has 0 spiro atoms. The van der Waals surface area contributed by atoms with E-state index < -0.39 is 17.6 Å². The summed E-state index contributed by atoms with van der Waals surface area (Å²) in [5.41, 5.74) is 4.66. The number of nitrogens with two attached hydrogens (primary N) is 1. The van der Waals surface area contributed by atoms with E-state index in [1.54, 1.807) is 13.8 Å². The largest absolute Gasteiger partial charge is 0.416 e. The molecule has 0 bridgehead atoms. The monoisotopic (exact) mass is 318 g/mol. The summed E-state index contributed by atoms with van der Waals surface area (Å²) in [4.78, 5) is 14.0. The summed E-state index contributed by atoms with van der Waals surface area (Å²) < 4.78 is 38.0. The zero-order valence-electron chi connectivity index (χ0n) is 11.8. The average molecular weight is 318 g/mol. The van der Waals surface area contributed by atoms with Crippen molar-refractivity contribution in [1.82, 2.24) is 4.90 Å². The van der Waals surface area contributed by atoms with Crippen LogP contribution in [0, 0.1) is 5.92 Å². The number of carbonyl (C=O) groups excluding carboxylic acids is 1. The van der Waals surface area contributed by atoms with Gasteiger partial charge in [-0.05, 0) is 25.1 Å². The standard InChI is InChI=1S/C14H17F3N2OS/c1-3-19(8-9(2)12(18)21)13(20)10-5-4-6-11(7-10)14(15,16)17/h4-7,9H,3,8H2,1-2H3,(H2,18,21). The van der Waals surface area contributed by atoms with Gasteiger partial charge in [0.1, 0.15) is 0 Å². The van der Waals surface area contributed by atoms with Crippen molar-refractivity contribution in [1.29, 1.82) is 0 Å². The number of halogens is 3. The Balaban J connectivity index is 2.98. The number of carbonyl (C=O) groups is 1. The molecule has 0 fully saturated rings. The number of benzene rings is 1. The number of rotatable bonds is 5. The van der Waals surface area contributed by atoms with Crippen LogP contribution in [0.1, 0.15) is 29.8 Å². The predicted molar refractivity (Wildman–Crippen MR) is 79.0 cm³/mol. The normalized spacial score (nSPS) is 12.8. The van der Waals surface area contributed by atoms with Crippen LogP contribution in [0.5, 0.6) is 0 Å². The Labute approximate surface area is 126 Å². The van der Waals surface area contributed by atoms with Crippen LogP contribution in [0.15, 0.2) is 24.3 Å². The highest BCUT2D eigenvalue weighted by Gasteiger charge is 2.31. The van der Waals surface area contributed by atoms with Crippen LogP contribution in [-0.4, -0.2) is 28.9 Å². The molecule has 0 aliphatic carbocycles. The lowest BCUT2D eigenvalue weighted by atomic mass is 10.1. The maximum absolute atomic E-state index is 12.7. The predicted octanol–water partition coefficient (Wildman–Crippen LogP) is 3.09. The van der Waals surface area contributed by atoms with Gasteiger partial charge in [0.05, 0.1) is 10.6 Å². The first kappa shape index (κ1) is 17.4. The van der Waals surface area contributed by atoms with Crippen molar-refractivity contribution in [3.05, 3.63) is 35.4 Å². The van der Waals surface area contributed by atoms with Gasteiger partial charge in [-0.15, -0.1) is 0 Å². The van der Waals surface area contributed by atoms with Gasteiger partial charge < -0.3 is 10.6 Å². The van der Waals surface area contributed by atoms with Crippen LogP contribution in [0.4, 0.5) is 13.2 Å². The molecule has 7 heteroatoms. The van der Waals surface area contributed by atoms with E-state index in [1.165, 1.54) is 17.0 Å². The summed E-state index contributed by atoms with van der Waals surface area (Å²) in [5.74, 6) is -0.665. The summed E-state index contributed by atoms with van der Waals surface area (Å²) in [6, 6.07) is 4.38. The minimum Gasteiger partial charge on any atom is -0.393 e. The molecule has 1 atom stereocenters. The van der Waals surface area contributed by atoms with E-state index in [0.717, 1.165) is 12.1 Å². The molecule has 21 heavy (non-hydrogen) atoms. The molecule has 116 valence electrons. The fourth-order valence-electron chi connectivity index (χ4n) is 1.79. The van der Waals surface area contributed by atoms with Gasteiger partial charge in [-0.25, -0.2) is 0 Å². The number of amides is 1. The third kappa shape index (κ3) is 4.70. The number of nitrogens with zero attached hydrogens (tertiary/aromatic N) is 1. The molecule has 0 radical (unpaired) electrons. The molecule has 1 aromatic rings. The van der Waals surface area contributed by atoms with Crippen molar-refractivity contribution in [2.45, 2.75) is 20.0 Å². The molecule has 3 nitrogen and oxygen atoms in total. The summed E-state index contributed by atoms with van der Waals surface area (Å²) in [6.45, 7) is 4.16. The topological polar surface area (TPSA) is 46.3 Å². The molecule has 0 saturated carbocycles. The SMILES string of the molecule is CCN(CC(C)C(N)=S)C(=O)c1cccc(C(F)(F)F)c1. The Hall–Kier alpha value is -1.63. The van der Waals surface area contributed by atoms with E-state index >= 15 is 0 Å². The highest BCUT2D eigenvalue weighted by Crippen LogP contribution is 2.29. The van der Waals surface area contributed by atoms with E-state index in [2.05, 4.69) is 0 Å². The lowest BCUT2D eigenvalue weighted by Crippen LogP contribution is -2.38. The zero-order chi connectivity index (χ0) is 16.2. The first-order valence-electron chi connectivity index (χ1n) is 6.42. The Morgan fingerprint density at radius 3 is 2.52 bits per heavy atom. The maximum Gasteiger partial charge on any atom is 0.416 e. The van der Waals surface area contributed by atoms with Gasteiger partial charge in [-0.3, -0.25) is 4.79 Å². The molecular weight excluding hydrogens is 301 g/mol. The third-order valence-corrected chi connectivity index (χ3v) is 3.49. The van der Waals surface area contributed by atoms with Crippen LogP contribution < -0.4 is 5.73 Å². The van der Waals surface area contributed by atoms with Crippen molar-refractivity contribution >= 4 is 23.1 Å². The number of thiocarbonyl (C=S) groups is 1. The highest BCUT2D eigenvalue weighted by molar-refractivity contribution is 7.80. The number of hydrogen-bond acceptors (Lipinski definition) is 2. The van der Waals surface area contributed by atoms with Crippen LogP contribution in [-0.2, 0) is 6.18 Å². The first-order valence-corrected chi connectivity index (χ1v) is 6.83. The average Bonchev–Trinajstić information content (AvgIpc) is 2.42. The number of alkyl halides is 3. The minimum absolute atomic E-state index is 0.00168. The Morgan fingerprint density at radius 2 is 2.05 bits per heavy atom. The van der Waals surface area contributed by atoms with E-state index in [9.17, 15) is 18.0 Å². The Morgan fingerprint density at radius 1 is 1.43 bits per heavy atom. The minimum atomic E-state index is -4.47. The van der Waals surface area contributed by atoms with Gasteiger partial charge in [0.15, 0.2) is 0 Å². The van der Waals surface area contributed by atoms with Gasteiger partial charge in [-0.2, -0.15) is 13.2 Å². The van der Waals surface area contributed by atoms with Crippen molar-refractivity contribution in [2.24, 2.45) is 11.7 Å². The maximum atomic E-state index is 12.7. The number of hydrogen-bond donors (Lipinski definition) is 1. The first-order chi connectivity index (χ1) is 9.66. The molecule has 1 rings (SSSR count). The van der Waals surface area contributed by atoms with Gasteiger partial charge in [-0.1, -0.05) is 25.2 Å². The van der Waals surface area contributed by atoms with E-state index in [0.29, 0.717) is 6.54 Å². The summed E-state index contributed by atoms with van der Waals surface area (Å²) in [7, 11) is 0. The third-order valence-electron chi connectivity index (χ3n) is 3.09. The van der Waals surface area contributed by atoms with E-state index in [-0.39, 0.29) is 23.0 Å². The van der Waals surface area contributed by atoms with Gasteiger partial charge in [0.2, 0.25) is 0 Å². The smallest absolute Gasteiger partial charge is 0.393 e. The summed E-state index contributed by atoms with van der Waals surface area (Å²) in [5, 5.41) is 0. The lowest BCUT2D eigenvalue weighted by Gasteiger charge is -2.24. The van der Waals surface area contributed by atoms with Crippen LogP contribution in [0.25, 0.3) is 0 Å². The molecule has 1 unspecified atom stereocenters. The fraction of sp³-hybridized carbons (Fsp3) is 0.429. The molecule has 0 saturated heterocycles. The van der Waals surface area contributed by atoms with Crippen molar-refractivity contribution in [2.75, 3.05) is 13.1 Å². The molecule has 2 N–H and O–H groups in total. The molecule has 0 aliphatic rings. The van der Waals surface area contributed by atoms with Crippen LogP contribution >= 0.6 is 12.2 Å².